The fourth-order valence-electron chi connectivity index (χ4n) is 6.83. The maximum atomic E-state index is 14.1. The summed E-state index contributed by atoms with van der Waals surface area (Å²) in [5.74, 6) is -1.54. The van der Waals surface area contributed by atoms with Crippen molar-refractivity contribution < 1.29 is 29.0 Å². The number of carbonyl (C=O) groups excluding carboxylic acids is 3. The Morgan fingerprint density at radius 2 is 1.82 bits per heavy atom. The Morgan fingerprint density at radius 3 is 2.49 bits per heavy atom. The Kier molecular flexibility index (Phi) is 7.64. The number of carbonyl (C=O) groups is 3. The van der Waals surface area contributed by atoms with E-state index >= 15 is 0 Å². The van der Waals surface area contributed by atoms with Crippen molar-refractivity contribution in [3.63, 3.8) is 0 Å². The second-order valence-electron chi connectivity index (χ2n) is 10.7. The van der Waals surface area contributed by atoms with Gasteiger partial charge in [-0.15, -0.1) is 0 Å². The molecule has 208 valence electrons. The Morgan fingerprint density at radius 1 is 1.08 bits per heavy atom. The maximum Gasteiger partial charge on any atom is 0.250 e. The van der Waals surface area contributed by atoms with Gasteiger partial charge in [0, 0.05) is 25.4 Å². The number of unbranched alkanes of at least 4 members (excludes halogenated alkanes) is 1. The minimum atomic E-state index is -1.09. The van der Waals surface area contributed by atoms with Crippen LogP contribution in [0.5, 0.6) is 5.75 Å². The van der Waals surface area contributed by atoms with E-state index < -0.39 is 29.1 Å². The molecule has 1 spiro atoms. The van der Waals surface area contributed by atoms with Gasteiger partial charge in [-0.2, -0.15) is 0 Å². The van der Waals surface area contributed by atoms with Crippen LogP contribution in [0.25, 0.3) is 0 Å². The van der Waals surface area contributed by atoms with Crippen LogP contribution in [0, 0.1) is 11.8 Å². The molecule has 39 heavy (non-hydrogen) atoms. The molecule has 3 aliphatic rings. The first kappa shape index (κ1) is 27.1. The predicted molar refractivity (Wildman–Crippen MR) is 145 cm³/mol. The summed E-state index contributed by atoms with van der Waals surface area (Å²) < 4.78 is 12.0. The lowest BCUT2D eigenvalue weighted by atomic mass is 9.65. The van der Waals surface area contributed by atoms with Gasteiger partial charge in [-0.25, -0.2) is 0 Å². The standard InChI is InChI=1S/C30H37N3O6/c1-3-29-15-16-30(39-29)24(23(29)26(35)31-19-20-9-5-4-6-10-20)28(37)33(17-7-8-18-34)25(30)27(36)32-21-11-13-22(38-2)14-12-21/h4-6,9-14,23-25,34H,3,7-8,15-19H2,1-2H3,(H,31,35)(H,32,36)/t23-,24-,25?,29+,30?/m0/s1. The fraction of sp³-hybridized carbons (Fsp3) is 0.500. The van der Waals surface area contributed by atoms with E-state index in [1.54, 1.807) is 36.3 Å². The smallest absolute Gasteiger partial charge is 0.250 e. The number of aliphatic hydroxyl groups is 1. The van der Waals surface area contributed by atoms with Crippen molar-refractivity contribution >= 4 is 23.4 Å². The normalized spacial score (nSPS) is 28.8. The molecule has 3 N–H and O–H groups in total. The Labute approximate surface area is 228 Å². The summed E-state index contributed by atoms with van der Waals surface area (Å²) in [6.07, 6.45) is 2.75. The van der Waals surface area contributed by atoms with E-state index in [1.165, 1.54) is 0 Å². The second-order valence-corrected chi connectivity index (χ2v) is 10.7. The summed E-state index contributed by atoms with van der Waals surface area (Å²) in [6.45, 7) is 2.64. The fourth-order valence-corrected chi connectivity index (χ4v) is 6.83. The lowest BCUT2D eigenvalue weighted by molar-refractivity contribution is -0.146. The molecule has 2 bridgehead atoms. The van der Waals surface area contributed by atoms with Crippen molar-refractivity contribution in [1.29, 1.82) is 0 Å². The first-order valence-corrected chi connectivity index (χ1v) is 13.8. The van der Waals surface area contributed by atoms with Gasteiger partial charge in [-0.3, -0.25) is 14.4 Å². The number of methoxy groups -OCH3 is 1. The van der Waals surface area contributed by atoms with Crippen molar-refractivity contribution in [2.45, 2.75) is 62.8 Å². The number of hydrogen-bond acceptors (Lipinski definition) is 6. The molecule has 9 nitrogen and oxygen atoms in total. The minimum Gasteiger partial charge on any atom is -0.497 e. The number of aliphatic hydroxyl groups excluding tert-OH is 1. The van der Waals surface area contributed by atoms with Crippen LogP contribution in [0.15, 0.2) is 54.6 Å². The van der Waals surface area contributed by atoms with Crippen LogP contribution in [0.4, 0.5) is 5.69 Å². The lowest BCUT2D eigenvalue weighted by Gasteiger charge is -2.34. The minimum absolute atomic E-state index is 0.000718. The number of amides is 3. The molecule has 5 rings (SSSR count). The summed E-state index contributed by atoms with van der Waals surface area (Å²) in [4.78, 5) is 43.3. The van der Waals surface area contributed by atoms with Crippen molar-refractivity contribution in [2.24, 2.45) is 11.8 Å². The van der Waals surface area contributed by atoms with E-state index in [0.717, 1.165) is 5.56 Å². The molecule has 3 heterocycles. The highest BCUT2D eigenvalue weighted by molar-refractivity contribution is 6.03. The van der Waals surface area contributed by atoms with E-state index in [1.807, 2.05) is 37.3 Å². The van der Waals surface area contributed by atoms with E-state index in [4.69, 9.17) is 9.47 Å². The highest BCUT2D eigenvalue weighted by atomic mass is 16.5. The van der Waals surface area contributed by atoms with Gasteiger partial charge in [0.1, 0.15) is 17.4 Å². The average Bonchev–Trinajstić information content (AvgIpc) is 3.56. The molecule has 2 unspecified atom stereocenters. The molecular weight excluding hydrogens is 498 g/mol. The monoisotopic (exact) mass is 535 g/mol. The molecule has 3 aliphatic heterocycles. The first-order valence-electron chi connectivity index (χ1n) is 13.8. The number of benzene rings is 2. The number of rotatable bonds is 11. The largest absolute Gasteiger partial charge is 0.497 e. The number of hydrogen-bond donors (Lipinski definition) is 3. The van der Waals surface area contributed by atoms with Crippen molar-refractivity contribution in [2.75, 3.05) is 25.6 Å². The van der Waals surface area contributed by atoms with Crippen LogP contribution in [-0.4, -0.2) is 65.2 Å². The maximum absolute atomic E-state index is 14.1. The van der Waals surface area contributed by atoms with Gasteiger partial charge in [-0.1, -0.05) is 37.3 Å². The number of ether oxygens (including phenoxy) is 2. The zero-order chi connectivity index (χ0) is 27.6. The molecular formula is C30H37N3O6. The van der Waals surface area contributed by atoms with E-state index in [9.17, 15) is 19.5 Å². The summed E-state index contributed by atoms with van der Waals surface area (Å²) in [5.41, 5.74) is -0.331. The summed E-state index contributed by atoms with van der Waals surface area (Å²) in [5, 5.41) is 15.4. The van der Waals surface area contributed by atoms with Gasteiger partial charge in [0.2, 0.25) is 17.7 Å². The second kappa shape index (κ2) is 11.0. The molecule has 0 aliphatic carbocycles. The quantitative estimate of drug-likeness (QED) is 0.381. The SMILES string of the molecule is CC[C@]12CCC3(O1)C(C(=O)Nc1ccc(OC)cc1)N(CCCCO)C(=O)[C@@H]3[C@H]2C(=O)NCc1ccccc1. The van der Waals surface area contributed by atoms with Crippen molar-refractivity contribution in [3.05, 3.63) is 60.2 Å². The summed E-state index contributed by atoms with van der Waals surface area (Å²) in [7, 11) is 1.57. The predicted octanol–water partition coefficient (Wildman–Crippen LogP) is 2.88. The zero-order valence-electron chi connectivity index (χ0n) is 22.5. The topological polar surface area (TPSA) is 117 Å². The molecule has 3 saturated heterocycles. The number of nitrogens with zero attached hydrogens (tertiary/aromatic N) is 1. The van der Waals surface area contributed by atoms with Gasteiger partial charge < -0.3 is 30.1 Å². The Hall–Kier alpha value is -3.43. The van der Waals surface area contributed by atoms with Crippen LogP contribution in [0.2, 0.25) is 0 Å². The molecule has 9 heteroatoms. The third kappa shape index (κ3) is 4.67. The van der Waals surface area contributed by atoms with Crippen molar-refractivity contribution in [3.8, 4) is 5.75 Å². The molecule has 3 amide bonds. The highest BCUT2D eigenvalue weighted by Gasteiger charge is 2.78. The first-order chi connectivity index (χ1) is 18.9. The van der Waals surface area contributed by atoms with E-state index in [-0.39, 0.29) is 24.3 Å². The van der Waals surface area contributed by atoms with Gasteiger partial charge in [-0.05, 0) is 61.9 Å². The van der Waals surface area contributed by atoms with Crippen LogP contribution < -0.4 is 15.4 Å². The third-order valence-corrected chi connectivity index (χ3v) is 8.69. The highest BCUT2D eigenvalue weighted by Crippen LogP contribution is 2.64. The lowest BCUT2D eigenvalue weighted by Crippen LogP contribution is -2.53. The molecule has 2 aromatic rings. The van der Waals surface area contributed by atoms with Crippen LogP contribution in [0.1, 0.15) is 44.6 Å². The molecule has 3 fully saturated rings. The molecule has 0 saturated carbocycles. The molecule has 0 aromatic heterocycles. The molecule has 0 radical (unpaired) electrons. The zero-order valence-corrected chi connectivity index (χ0v) is 22.5. The van der Waals surface area contributed by atoms with Gasteiger partial charge >= 0.3 is 0 Å². The van der Waals surface area contributed by atoms with Crippen LogP contribution in [-0.2, 0) is 25.7 Å². The number of fused-ring (bicyclic) bond motifs is 1. The Balaban J connectivity index is 1.45. The van der Waals surface area contributed by atoms with Crippen molar-refractivity contribution in [1.82, 2.24) is 10.2 Å². The van der Waals surface area contributed by atoms with Gasteiger partial charge in [0.25, 0.3) is 0 Å². The van der Waals surface area contributed by atoms with E-state index in [2.05, 4.69) is 10.6 Å². The van der Waals surface area contributed by atoms with Crippen LogP contribution in [0.3, 0.4) is 0 Å². The number of anilines is 1. The van der Waals surface area contributed by atoms with Crippen LogP contribution >= 0.6 is 0 Å². The van der Waals surface area contributed by atoms with Gasteiger partial charge in [0.05, 0.1) is 24.5 Å². The Bertz CT molecular complexity index is 1200. The average molecular weight is 536 g/mol. The number of likely N-dealkylation sites (tertiary alicyclic amines) is 1. The van der Waals surface area contributed by atoms with Gasteiger partial charge in [0.15, 0.2) is 0 Å². The molecule has 5 atom stereocenters. The van der Waals surface area contributed by atoms with E-state index in [0.29, 0.717) is 56.6 Å². The molecule has 2 aromatic carbocycles. The third-order valence-electron chi connectivity index (χ3n) is 8.69. The number of nitrogens with one attached hydrogen (secondary N) is 2. The summed E-state index contributed by atoms with van der Waals surface area (Å²) >= 11 is 0. The summed E-state index contributed by atoms with van der Waals surface area (Å²) in [6, 6.07) is 15.8.